The molecule has 0 saturated carbocycles. The third kappa shape index (κ3) is 5.29. The SMILES string of the molecule is Cc1cccc(Sc2cnc(Cl)cc2C2=N[C@H](Cc3ccc(Cl)cc3Cl)CON2)c1. The van der Waals surface area contributed by atoms with Gasteiger partial charge in [-0.2, -0.15) is 0 Å². The Bertz CT molecular complexity index is 1110. The first kappa shape index (κ1) is 21.5. The molecule has 1 aromatic heterocycles. The number of halogens is 3. The molecule has 8 heteroatoms. The highest BCUT2D eigenvalue weighted by Gasteiger charge is 2.21. The first-order valence-electron chi connectivity index (χ1n) is 9.28. The summed E-state index contributed by atoms with van der Waals surface area (Å²) in [6, 6.07) is 15.5. The molecule has 1 N–H and O–H groups in total. The van der Waals surface area contributed by atoms with Crippen LogP contribution in [0, 0.1) is 6.92 Å². The van der Waals surface area contributed by atoms with E-state index in [4.69, 9.17) is 44.6 Å². The minimum absolute atomic E-state index is 0.0938. The lowest BCUT2D eigenvalue weighted by Gasteiger charge is -2.23. The van der Waals surface area contributed by atoms with Crippen LogP contribution in [0.2, 0.25) is 15.2 Å². The minimum atomic E-state index is -0.0938. The average Bonchev–Trinajstić information content (AvgIpc) is 2.72. The highest BCUT2D eigenvalue weighted by Crippen LogP contribution is 2.32. The lowest BCUT2D eigenvalue weighted by atomic mass is 10.1. The van der Waals surface area contributed by atoms with Crippen LogP contribution < -0.4 is 5.48 Å². The van der Waals surface area contributed by atoms with Crippen molar-refractivity contribution in [3.8, 4) is 0 Å². The van der Waals surface area contributed by atoms with Gasteiger partial charge < -0.3 is 0 Å². The van der Waals surface area contributed by atoms with Gasteiger partial charge in [0.2, 0.25) is 0 Å². The van der Waals surface area contributed by atoms with E-state index in [1.54, 1.807) is 30.1 Å². The molecule has 1 aliphatic heterocycles. The standard InChI is InChI=1S/C22H18Cl3N3OS/c1-13-3-2-4-17(7-13)30-20-11-26-21(25)10-18(20)22-27-16(12-29-28-22)8-14-5-6-15(23)9-19(14)24/h2-7,9-11,16H,8,12H2,1H3,(H,27,28)/t16-/m1/s1. The number of nitrogens with zero attached hydrogens (tertiary/aromatic N) is 2. The number of pyridine rings is 1. The zero-order chi connectivity index (χ0) is 21.1. The zero-order valence-corrected chi connectivity index (χ0v) is 19.1. The van der Waals surface area contributed by atoms with Crippen molar-refractivity contribution in [2.45, 2.75) is 29.2 Å². The molecule has 0 saturated heterocycles. The van der Waals surface area contributed by atoms with Crippen LogP contribution in [0.15, 0.2) is 69.5 Å². The summed E-state index contributed by atoms with van der Waals surface area (Å²) in [4.78, 5) is 16.8. The average molecular weight is 479 g/mol. The fourth-order valence-electron chi connectivity index (χ4n) is 3.11. The van der Waals surface area contributed by atoms with E-state index in [1.165, 1.54) is 5.56 Å². The lowest BCUT2D eigenvalue weighted by molar-refractivity contribution is 0.0623. The van der Waals surface area contributed by atoms with Gasteiger partial charge in [-0.1, -0.05) is 70.3 Å². The van der Waals surface area contributed by atoms with E-state index in [-0.39, 0.29) is 6.04 Å². The van der Waals surface area contributed by atoms with Crippen LogP contribution in [0.4, 0.5) is 0 Å². The summed E-state index contributed by atoms with van der Waals surface area (Å²) in [5.41, 5.74) is 5.95. The van der Waals surface area contributed by atoms with Crippen LogP contribution in [0.3, 0.4) is 0 Å². The zero-order valence-electron chi connectivity index (χ0n) is 16.0. The summed E-state index contributed by atoms with van der Waals surface area (Å²) < 4.78 is 0. The van der Waals surface area contributed by atoms with Crippen LogP contribution >= 0.6 is 46.6 Å². The summed E-state index contributed by atoms with van der Waals surface area (Å²) in [7, 11) is 0. The predicted octanol–water partition coefficient (Wildman–Crippen LogP) is 6.39. The third-order valence-corrected chi connectivity index (χ3v) is 6.36. The molecule has 0 spiro atoms. The van der Waals surface area contributed by atoms with Gasteiger partial charge in [0, 0.05) is 31.6 Å². The molecule has 1 atom stereocenters. The summed E-state index contributed by atoms with van der Waals surface area (Å²) >= 11 is 20.1. The number of aliphatic imine (C=N–C) groups is 1. The molecule has 0 aliphatic carbocycles. The second-order valence-electron chi connectivity index (χ2n) is 6.91. The third-order valence-electron chi connectivity index (χ3n) is 4.53. The molecule has 0 fully saturated rings. The van der Waals surface area contributed by atoms with Gasteiger partial charge in [0.1, 0.15) is 5.15 Å². The highest BCUT2D eigenvalue weighted by atomic mass is 35.5. The van der Waals surface area contributed by atoms with Crippen molar-refractivity contribution in [3.05, 3.63) is 86.6 Å². The molecule has 2 heterocycles. The molecule has 2 aromatic carbocycles. The second kappa shape index (κ2) is 9.58. The Kier molecular flexibility index (Phi) is 6.86. The van der Waals surface area contributed by atoms with Crippen molar-refractivity contribution in [3.63, 3.8) is 0 Å². The van der Waals surface area contributed by atoms with Crippen molar-refractivity contribution in [1.82, 2.24) is 10.5 Å². The Hall–Kier alpha value is -1.76. The molecule has 4 rings (SSSR count). The van der Waals surface area contributed by atoms with Crippen molar-refractivity contribution < 1.29 is 4.84 Å². The quantitative estimate of drug-likeness (QED) is 0.431. The molecule has 3 aromatic rings. The number of aromatic nitrogens is 1. The number of hydroxylamine groups is 1. The predicted molar refractivity (Wildman–Crippen MR) is 124 cm³/mol. The topological polar surface area (TPSA) is 46.5 Å². The van der Waals surface area contributed by atoms with E-state index in [0.29, 0.717) is 34.1 Å². The van der Waals surface area contributed by atoms with Crippen molar-refractivity contribution in [2.24, 2.45) is 4.99 Å². The molecular formula is C22H18Cl3N3OS. The minimum Gasteiger partial charge on any atom is -0.272 e. The Morgan fingerprint density at radius 2 is 2.00 bits per heavy atom. The largest absolute Gasteiger partial charge is 0.272 e. The number of aryl methyl sites for hydroxylation is 1. The van der Waals surface area contributed by atoms with Crippen LogP contribution in [0.5, 0.6) is 0 Å². The number of hydrogen-bond donors (Lipinski definition) is 1. The summed E-state index contributed by atoms with van der Waals surface area (Å²) in [6.07, 6.45) is 2.40. The fourth-order valence-corrected chi connectivity index (χ4v) is 4.77. The van der Waals surface area contributed by atoms with Crippen LogP contribution in [-0.2, 0) is 11.3 Å². The number of hydrogen-bond acceptors (Lipinski definition) is 5. The number of nitrogens with one attached hydrogen (secondary N) is 1. The van der Waals surface area contributed by atoms with Gasteiger partial charge in [-0.05, 0) is 49.2 Å². The summed E-state index contributed by atoms with van der Waals surface area (Å²) in [5, 5.41) is 1.63. The molecule has 30 heavy (non-hydrogen) atoms. The first-order valence-corrected chi connectivity index (χ1v) is 11.2. The number of benzene rings is 2. The van der Waals surface area contributed by atoms with Crippen molar-refractivity contribution in [1.29, 1.82) is 0 Å². The smallest absolute Gasteiger partial charge is 0.154 e. The second-order valence-corrected chi connectivity index (χ2v) is 9.25. The van der Waals surface area contributed by atoms with E-state index in [0.717, 1.165) is 20.9 Å². The number of rotatable bonds is 5. The Morgan fingerprint density at radius 3 is 2.80 bits per heavy atom. The monoisotopic (exact) mass is 477 g/mol. The highest BCUT2D eigenvalue weighted by molar-refractivity contribution is 7.99. The van der Waals surface area contributed by atoms with E-state index in [1.807, 2.05) is 18.2 Å². The van der Waals surface area contributed by atoms with Crippen molar-refractivity contribution in [2.75, 3.05) is 6.61 Å². The summed E-state index contributed by atoms with van der Waals surface area (Å²) in [5.74, 6) is 0.621. The lowest BCUT2D eigenvalue weighted by Crippen LogP contribution is -2.37. The maximum atomic E-state index is 6.33. The Labute approximate surface area is 194 Å². The van der Waals surface area contributed by atoms with Gasteiger partial charge >= 0.3 is 0 Å². The molecule has 0 bridgehead atoms. The fraction of sp³-hybridized carbons (Fsp3) is 0.182. The van der Waals surface area contributed by atoms with Gasteiger partial charge in [-0.3, -0.25) is 9.83 Å². The molecule has 4 nitrogen and oxygen atoms in total. The molecule has 0 unspecified atom stereocenters. The first-order chi connectivity index (χ1) is 14.5. The van der Waals surface area contributed by atoms with Gasteiger partial charge in [0.25, 0.3) is 0 Å². The van der Waals surface area contributed by atoms with E-state index < -0.39 is 0 Å². The van der Waals surface area contributed by atoms with Gasteiger partial charge in [-0.25, -0.2) is 10.5 Å². The molecule has 1 aliphatic rings. The van der Waals surface area contributed by atoms with Gasteiger partial charge in [-0.15, -0.1) is 0 Å². The normalized spacial score (nSPS) is 16.1. The molecule has 0 amide bonds. The van der Waals surface area contributed by atoms with Crippen molar-refractivity contribution >= 4 is 52.4 Å². The maximum absolute atomic E-state index is 6.33. The summed E-state index contributed by atoms with van der Waals surface area (Å²) in [6.45, 7) is 2.50. The van der Waals surface area contributed by atoms with Crippen LogP contribution in [0.25, 0.3) is 0 Å². The van der Waals surface area contributed by atoms with Gasteiger partial charge in [0.15, 0.2) is 5.84 Å². The molecule has 0 radical (unpaired) electrons. The van der Waals surface area contributed by atoms with E-state index in [9.17, 15) is 0 Å². The Balaban J connectivity index is 1.62. The number of amidine groups is 1. The van der Waals surface area contributed by atoms with Crippen LogP contribution in [-0.4, -0.2) is 23.5 Å². The maximum Gasteiger partial charge on any atom is 0.154 e. The Morgan fingerprint density at radius 1 is 1.13 bits per heavy atom. The molecule has 154 valence electrons. The van der Waals surface area contributed by atoms with E-state index in [2.05, 4.69) is 35.6 Å². The van der Waals surface area contributed by atoms with Crippen LogP contribution in [0.1, 0.15) is 16.7 Å². The van der Waals surface area contributed by atoms with Gasteiger partial charge in [0.05, 0.1) is 12.6 Å². The van der Waals surface area contributed by atoms with E-state index >= 15 is 0 Å². The molecular weight excluding hydrogens is 461 g/mol.